The quantitative estimate of drug-likeness (QED) is 0.733. The van der Waals surface area contributed by atoms with Crippen molar-refractivity contribution in [1.82, 2.24) is 10.6 Å². The highest BCUT2D eigenvalue weighted by Crippen LogP contribution is 2.43. The number of allylic oxidation sites excluding steroid dienone is 1. The number of amides is 2. The van der Waals surface area contributed by atoms with Crippen molar-refractivity contribution >= 4 is 11.8 Å². The number of carbonyl (C=O) groups is 2. The van der Waals surface area contributed by atoms with Crippen LogP contribution in [0.4, 0.5) is 0 Å². The molecule has 6 nitrogen and oxygen atoms in total. The highest BCUT2D eigenvalue weighted by molar-refractivity contribution is 5.85. The lowest BCUT2D eigenvalue weighted by atomic mass is 9.72. The van der Waals surface area contributed by atoms with Crippen LogP contribution in [0.2, 0.25) is 0 Å². The molecule has 0 radical (unpaired) electrons. The first-order chi connectivity index (χ1) is 9.18. The Morgan fingerprint density at radius 3 is 2.30 bits per heavy atom. The molecule has 0 aromatic carbocycles. The average Bonchev–Trinajstić information content (AvgIpc) is 2.75. The minimum Gasteiger partial charge on any atom is -0.346 e. The smallest absolute Gasteiger partial charge is 0.226 e. The van der Waals surface area contributed by atoms with Crippen molar-refractivity contribution in [3.63, 3.8) is 0 Å². The van der Waals surface area contributed by atoms with Gasteiger partial charge in [0, 0.05) is 12.1 Å². The van der Waals surface area contributed by atoms with Gasteiger partial charge in [-0.25, -0.2) is 0 Å². The molecule has 2 fully saturated rings. The van der Waals surface area contributed by atoms with Crippen LogP contribution < -0.4 is 10.6 Å². The second kappa shape index (κ2) is 4.08. The topological polar surface area (TPSA) is 106 Å². The van der Waals surface area contributed by atoms with E-state index in [1.54, 1.807) is 26.8 Å². The Balaban J connectivity index is 2.49. The van der Waals surface area contributed by atoms with Crippen molar-refractivity contribution in [3.8, 4) is 12.1 Å². The van der Waals surface area contributed by atoms with E-state index in [0.717, 1.165) is 0 Å². The fourth-order valence-electron chi connectivity index (χ4n) is 2.66. The van der Waals surface area contributed by atoms with Crippen LogP contribution in [0.15, 0.2) is 11.8 Å². The number of hydrogen-bond acceptors (Lipinski definition) is 4. The van der Waals surface area contributed by atoms with E-state index in [9.17, 15) is 20.1 Å². The first-order valence-electron chi connectivity index (χ1n) is 6.35. The highest BCUT2D eigenvalue weighted by Gasteiger charge is 2.53. The Hall–Kier alpha value is -2.34. The van der Waals surface area contributed by atoms with Crippen LogP contribution in [0.1, 0.15) is 33.6 Å². The van der Waals surface area contributed by atoms with Crippen molar-refractivity contribution in [1.29, 1.82) is 10.5 Å². The number of hydrogen-bond donors (Lipinski definition) is 2. The van der Waals surface area contributed by atoms with E-state index >= 15 is 0 Å². The van der Waals surface area contributed by atoms with Crippen LogP contribution in [0.3, 0.4) is 0 Å². The standard InChI is InChI=1S/C14H16N4O2/c1-12(7-15)5-10(19)17-9(12)4-14(3)13(2,8-16)6-11(20)18-14/h4H,5-6H2,1-3H3,(H,17,19)(H,18,20)/b9-4-. The van der Waals surface area contributed by atoms with Crippen molar-refractivity contribution in [3.05, 3.63) is 11.8 Å². The third-order valence-electron chi connectivity index (χ3n) is 4.37. The van der Waals surface area contributed by atoms with Crippen LogP contribution >= 0.6 is 0 Å². The Labute approximate surface area is 117 Å². The van der Waals surface area contributed by atoms with E-state index in [4.69, 9.17) is 0 Å². The van der Waals surface area contributed by atoms with Crippen molar-refractivity contribution < 1.29 is 9.59 Å². The van der Waals surface area contributed by atoms with Gasteiger partial charge in [-0.3, -0.25) is 9.59 Å². The number of nitrogens with zero attached hydrogens (tertiary/aromatic N) is 2. The van der Waals surface area contributed by atoms with E-state index in [0.29, 0.717) is 5.70 Å². The zero-order chi connectivity index (χ0) is 15.2. The largest absolute Gasteiger partial charge is 0.346 e. The molecule has 0 aliphatic carbocycles. The number of carbonyl (C=O) groups excluding carboxylic acids is 2. The van der Waals surface area contributed by atoms with Crippen LogP contribution in [0.25, 0.3) is 0 Å². The van der Waals surface area contributed by atoms with Gasteiger partial charge in [0.25, 0.3) is 0 Å². The fraction of sp³-hybridized carbons (Fsp3) is 0.571. The van der Waals surface area contributed by atoms with Crippen LogP contribution in [0.5, 0.6) is 0 Å². The molecule has 6 heteroatoms. The van der Waals surface area contributed by atoms with Gasteiger partial charge in [0.15, 0.2) is 0 Å². The molecular weight excluding hydrogens is 256 g/mol. The van der Waals surface area contributed by atoms with Crippen molar-refractivity contribution in [2.24, 2.45) is 10.8 Å². The van der Waals surface area contributed by atoms with E-state index in [1.165, 1.54) is 0 Å². The second-order valence-electron chi connectivity index (χ2n) is 6.10. The fourth-order valence-corrected chi connectivity index (χ4v) is 2.66. The molecule has 0 aromatic rings. The summed E-state index contributed by atoms with van der Waals surface area (Å²) in [6.45, 7) is 5.10. The number of nitrogens with one attached hydrogen (secondary N) is 2. The summed E-state index contributed by atoms with van der Waals surface area (Å²) in [5.74, 6) is -0.441. The molecule has 0 spiro atoms. The molecule has 2 N–H and O–H groups in total. The molecule has 20 heavy (non-hydrogen) atoms. The minimum atomic E-state index is -0.941. The van der Waals surface area contributed by atoms with Crippen molar-refractivity contribution in [2.45, 2.75) is 39.2 Å². The van der Waals surface area contributed by atoms with Gasteiger partial charge in [0.2, 0.25) is 11.8 Å². The first-order valence-corrected chi connectivity index (χ1v) is 6.35. The molecule has 104 valence electrons. The molecule has 2 amide bonds. The lowest BCUT2D eigenvalue weighted by Gasteiger charge is -2.33. The maximum Gasteiger partial charge on any atom is 0.226 e. The second-order valence-corrected chi connectivity index (χ2v) is 6.10. The van der Waals surface area contributed by atoms with Gasteiger partial charge in [0.05, 0.1) is 29.5 Å². The predicted octanol–water partition coefficient (Wildman–Crippen LogP) is 0.729. The molecule has 2 rings (SSSR count). The molecule has 0 saturated carbocycles. The van der Waals surface area contributed by atoms with Crippen LogP contribution in [0, 0.1) is 33.5 Å². The number of nitriles is 2. The van der Waals surface area contributed by atoms with Gasteiger partial charge in [-0.05, 0) is 26.8 Å². The maximum atomic E-state index is 11.7. The Morgan fingerprint density at radius 2 is 1.75 bits per heavy atom. The van der Waals surface area contributed by atoms with E-state index < -0.39 is 16.4 Å². The van der Waals surface area contributed by atoms with Crippen LogP contribution in [-0.2, 0) is 9.59 Å². The van der Waals surface area contributed by atoms with E-state index in [2.05, 4.69) is 22.8 Å². The third-order valence-corrected chi connectivity index (χ3v) is 4.37. The van der Waals surface area contributed by atoms with Crippen molar-refractivity contribution in [2.75, 3.05) is 0 Å². The highest BCUT2D eigenvalue weighted by atomic mass is 16.2. The van der Waals surface area contributed by atoms with Gasteiger partial charge in [0.1, 0.15) is 5.41 Å². The van der Waals surface area contributed by atoms with Gasteiger partial charge in [-0.2, -0.15) is 10.5 Å². The molecule has 0 aromatic heterocycles. The molecular formula is C14H16N4O2. The maximum absolute atomic E-state index is 11.7. The molecule has 2 aliphatic rings. The molecule has 0 bridgehead atoms. The predicted molar refractivity (Wildman–Crippen MR) is 69.4 cm³/mol. The van der Waals surface area contributed by atoms with E-state index in [-0.39, 0.29) is 24.7 Å². The summed E-state index contributed by atoms with van der Waals surface area (Å²) >= 11 is 0. The Kier molecular flexibility index (Phi) is 2.87. The molecule has 2 saturated heterocycles. The van der Waals surface area contributed by atoms with E-state index in [1.807, 2.05) is 0 Å². The summed E-state index contributed by atoms with van der Waals surface area (Å²) in [5, 5.41) is 24.1. The lowest BCUT2D eigenvalue weighted by Crippen LogP contribution is -2.47. The summed E-state index contributed by atoms with van der Waals surface area (Å²) in [7, 11) is 0. The number of rotatable bonds is 1. The molecule has 2 aliphatic heterocycles. The van der Waals surface area contributed by atoms with Gasteiger partial charge < -0.3 is 10.6 Å². The zero-order valence-electron chi connectivity index (χ0n) is 11.7. The monoisotopic (exact) mass is 272 g/mol. The summed E-state index contributed by atoms with van der Waals surface area (Å²) in [6, 6.07) is 4.29. The summed E-state index contributed by atoms with van der Waals surface area (Å²) in [5.41, 5.74) is -2.31. The summed E-state index contributed by atoms with van der Waals surface area (Å²) in [4.78, 5) is 23.2. The zero-order valence-corrected chi connectivity index (χ0v) is 11.7. The molecule has 2 heterocycles. The third kappa shape index (κ3) is 1.85. The Morgan fingerprint density at radius 1 is 1.10 bits per heavy atom. The Bertz CT molecular complexity index is 612. The van der Waals surface area contributed by atoms with Crippen LogP contribution in [-0.4, -0.2) is 17.4 Å². The lowest BCUT2D eigenvalue weighted by molar-refractivity contribution is -0.120. The van der Waals surface area contributed by atoms with Gasteiger partial charge in [-0.1, -0.05) is 0 Å². The average molecular weight is 272 g/mol. The summed E-state index contributed by atoms with van der Waals surface area (Å²) < 4.78 is 0. The molecule has 3 atom stereocenters. The first kappa shape index (κ1) is 14.1. The summed E-state index contributed by atoms with van der Waals surface area (Å²) in [6.07, 6.45) is 1.83. The normalized spacial score (nSPS) is 42.0. The molecule has 3 unspecified atom stereocenters. The SMILES string of the molecule is CC1(C#N)CC(=O)N/C1=C\C1(C)NC(=O)CC1(C)C#N. The van der Waals surface area contributed by atoms with Gasteiger partial charge >= 0.3 is 0 Å². The van der Waals surface area contributed by atoms with Gasteiger partial charge in [-0.15, -0.1) is 0 Å². The minimum absolute atomic E-state index is 0.0859.